The van der Waals surface area contributed by atoms with Gasteiger partial charge in [-0.25, -0.2) is 9.18 Å². The number of benzene rings is 2. The largest absolute Gasteiger partial charge is 0.417 e. The molecule has 0 radical (unpaired) electrons. The molecule has 2 aromatic carbocycles. The Morgan fingerprint density at radius 2 is 1.88 bits per heavy atom. The van der Waals surface area contributed by atoms with Gasteiger partial charge in [-0.15, -0.1) is 6.58 Å². The second-order valence-corrected chi connectivity index (χ2v) is 6.35. The number of anilines is 2. The molecule has 0 aromatic heterocycles. The molecular formula is C20H21FN2O3. The zero-order valence-corrected chi connectivity index (χ0v) is 14.7. The smallest absolute Gasteiger partial charge is 0.410 e. The molecule has 2 aromatic rings. The van der Waals surface area contributed by atoms with Crippen LogP contribution in [-0.2, 0) is 4.79 Å². The molecule has 0 spiro atoms. The molecule has 0 aliphatic carbocycles. The number of nitrogens with one attached hydrogen (secondary N) is 2. The van der Waals surface area contributed by atoms with Gasteiger partial charge in [0.05, 0.1) is 5.69 Å². The van der Waals surface area contributed by atoms with E-state index in [1.807, 2.05) is 13.8 Å². The highest BCUT2D eigenvalue weighted by atomic mass is 19.1. The van der Waals surface area contributed by atoms with Gasteiger partial charge in [0.1, 0.15) is 11.6 Å². The molecule has 0 bridgehead atoms. The second kappa shape index (κ2) is 8.29. The van der Waals surface area contributed by atoms with Crippen LogP contribution in [0.15, 0.2) is 61.2 Å². The van der Waals surface area contributed by atoms with Crippen LogP contribution in [-0.4, -0.2) is 12.0 Å². The van der Waals surface area contributed by atoms with Crippen LogP contribution in [0.25, 0.3) is 0 Å². The summed E-state index contributed by atoms with van der Waals surface area (Å²) in [6, 6.07) is 12.2. The molecule has 0 saturated carbocycles. The van der Waals surface area contributed by atoms with Crippen molar-refractivity contribution in [1.29, 1.82) is 0 Å². The molecule has 136 valence electrons. The van der Waals surface area contributed by atoms with Crippen LogP contribution in [0.3, 0.4) is 0 Å². The Hall–Kier alpha value is -3.15. The second-order valence-electron chi connectivity index (χ2n) is 6.35. The highest BCUT2D eigenvalue weighted by Crippen LogP contribution is 2.25. The number of ether oxygens (including phenoxy) is 1. The van der Waals surface area contributed by atoms with E-state index in [2.05, 4.69) is 17.2 Å². The van der Waals surface area contributed by atoms with E-state index in [0.717, 1.165) is 0 Å². The third-order valence-electron chi connectivity index (χ3n) is 3.68. The van der Waals surface area contributed by atoms with Crippen LogP contribution < -0.4 is 15.4 Å². The van der Waals surface area contributed by atoms with E-state index in [-0.39, 0.29) is 17.3 Å². The number of amides is 2. The maximum atomic E-state index is 13.5. The monoisotopic (exact) mass is 356 g/mol. The van der Waals surface area contributed by atoms with E-state index >= 15 is 0 Å². The Morgan fingerprint density at radius 1 is 1.15 bits per heavy atom. The molecule has 0 unspecified atom stereocenters. The number of allylic oxidation sites excluding steroid dienone is 1. The molecule has 5 nitrogen and oxygen atoms in total. The van der Waals surface area contributed by atoms with Crippen molar-refractivity contribution in [2.45, 2.75) is 20.3 Å². The van der Waals surface area contributed by atoms with Crippen LogP contribution in [0, 0.1) is 11.2 Å². The Morgan fingerprint density at radius 3 is 2.58 bits per heavy atom. The standard InChI is InChI=1S/C20H21FN2O3/c1-4-12-20(2,3)18(24)22-14-8-7-9-15(13-14)26-19(25)23-17-11-6-5-10-16(17)21/h4-11,13H,1,12H2,2-3H3,(H,22,24)(H,23,25). The first kappa shape index (κ1) is 19.2. The van der Waals surface area contributed by atoms with E-state index in [0.29, 0.717) is 12.1 Å². The number of carbonyl (C=O) groups is 2. The van der Waals surface area contributed by atoms with E-state index in [1.54, 1.807) is 30.3 Å². The molecule has 0 aliphatic rings. The molecule has 0 aliphatic heterocycles. The fourth-order valence-corrected chi connectivity index (χ4v) is 2.20. The van der Waals surface area contributed by atoms with Gasteiger partial charge in [-0.05, 0) is 30.7 Å². The summed E-state index contributed by atoms with van der Waals surface area (Å²) >= 11 is 0. The number of hydrogen-bond donors (Lipinski definition) is 2. The van der Waals surface area contributed by atoms with Gasteiger partial charge in [-0.3, -0.25) is 10.1 Å². The Bertz CT molecular complexity index is 818. The summed E-state index contributed by atoms with van der Waals surface area (Å²) in [6.45, 7) is 7.27. The third-order valence-corrected chi connectivity index (χ3v) is 3.68. The van der Waals surface area contributed by atoms with Crippen LogP contribution in [0.2, 0.25) is 0 Å². The molecule has 2 N–H and O–H groups in total. The van der Waals surface area contributed by atoms with Crippen LogP contribution >= 0.6 is 0 Å². The number of para-hydroxylation sites is 1. The number of carbonyl (C=O) groups excluding carboxylic acids is 2. The Balaban J connectivity index is 2.02. The molecule has 26 heavy (non-hydrogen) atoms. The van der Waals surface area contributed by atoms with Gasteiger partial charge >= 0.3 is 6.09 Å². The van der Waals surface area contributed by atoms with Gasteiger partial charge < -0.3 is 10.1 Å². The predicted molar refractivity (Wildman–Crippen MR) is 99.7 cm³/mol. The number of hydrogen-bond acceptors (Lipinski definition) is 3. The molecule has 0 atom stereocenters. The topological polar surface area (TPSA) is 67.4 Å². The van der Waals surface area contributed by atoms with Crippen LogP contribution in [0.4, 0.5) is 20.6 Å². The molecule has 2 rings (SSSR count). The van der Waals surface area contributed by atoms with E-state index in [9.17, 15) is 14.0 Å². The third kappa shape index (κ3) is 5.17. The highest BCUT2D eigenvalue weighted by molar-refractivity contribution is 5.95. The summed E-state index contributed by atoms with van der Waals surface area (Å²) in [6.07, 6.45) is 1.39. The lowest BCUT2D eigenvalue weighted by Crippen LogP contribution is -2.30. The fraction of sp³-hybridized carbons (Fsp3) is 0.200. The minimum Gasteiger partial charge on any atom is -0.410 e. The summed E-state index contributed by atoms with van der Waals surface area (Å²) in [5.74, 6) is -0.515. The molecular weight excluding hydrogens is 335 g/mol. The van der Waals surface area contributed by atoms with Crippen molar-refractivity contribution in [3.63, 3.8) is 0 Å². The quantitative estimate of drug-likeness (QED) is 0.718. The SMILES string of the molecule is C=CCC(C)(C)C(=O)Nc1cccc(OC(=O)Nc2ccccc2F)c1. The van der Waals surface area contributed by atoms with Crippen molar-refractivity contribution < 1.29 is 18.7 Å². The lowest BCUT2D eigenvalue weighted by atomic mass is 9.88. The number of halogens is 1. The fourth-order valence-electron chi connectivity index (χ4n) is 2.20. The zero-order valence-electron chi connectivity index (χ0n) is 14.7. The average Bonchev–Trinajstić information content (AvgIpc) is 2.57. The summed E-state index contributed by atoms with van der Waals surface area (Å²) in [7, 11) is 0. The van der Waals surface area contributed by atoms with Crippen LogP contribution in [0.5, 0.6) is 5.75 Å². The maximum Gasteiger partial charge on any atom is 0.417 e. The highest BCUT2D eigenvalue weighted by Gasteiger charge is 2.26. The van der Waals surface area contributed by atoms with E-state index < -0.39 is 17.3 Å². The van der Waals surface area contributed by atoms with Gasteiger partial charge in [0.25, 0.3) is 0 Å². The van der Waals surface area contributed by atoms with Crippen molar-refractivity contribution in [3.8, 4) is 5.75 Å². The summed E-state index contributed by atoms with van der Waals surface area (Å²) < 4.78 is 18.7. The van der Waals surface area contributed by atoms with Crippen molar-refractivity contribution in [2.24, 2.45) is 5.41 Å². The summed E-state index contributed by atoms with van der Waals surface area (Å²) in [5, 5.41) is 5.11. The normalized spacial score (nSPS) is 10.7. The van der Waals surface area contributed by atoms with E-state index in [4.69, 9.17) is 4.74 Å². The predicted octanol–water partition coefficient (Wildman–Crippen LogP) is 4.98. The van der Waals surface area contributed by atoms with Gasteiger partial charge in [-0.2, -0.15) is 0 Å². The van der Waals surface area contributed by atoms with Crippen molar-refractivity contribution >= 4 is 23.4 Å². The minimum absolute atomic E-state index is 0.0214. The zero-order chi connectivity index (χ0) is 19.2. The van der Waals surface area contributed by atoms with Gasteiger partial charge in [0.2, 0.25) is 5.91 Å². The van der Waals surface area contributed by atoms with Gasteiger partial charge in [0, 0.05) is 17.2 Å². The van der Waals surface area contributed by atoms with Crippen molar-refractivity contribution in [3.05, 3.63) is 67.0 Å². The first-order valence-electron chi connectivity index (χ1n) is 8.07. The lowest BCUT2D eigenvalue weighted by molar-refractivity contribution is -0.123. The summed E-state index contributed by atoms with van der Waals surface area (Å²) in [4.78, 5) is 24.2. The molecule has 2 amide bonds. The van der Waals surface area contributed by atoms with E-state index in [1.165, 1.54) is 24.3 Å². The molecule has 6 heteroatoms. The van der Waals surface area contributed by atoms with Gasteiger partial charge in [-0.1, -0.05) is 38.1 Å². The first-order valence-corrected chi connectivity index (χ1v) is 8.07. The minimum atomic E-state index is -0.828. The first-order chi connectivity index (χ1) is 12.3. The van der Waals surface area contributed by atoms with Crippen molar-refractivity contribution in [2.75, 3.05) is 10.6 Å². The maximum absolute atomic E-state index is 13.5. The summed E-state index contributed by atoms with van der Waals surface area (Å²) in [5.41, 5.74) is -0.0997. The molecule has 0 saturated heterocycles. The number of rotatable bonds is 6. The van der Waals surface area contributed by atoms with Crippen LogP contribution in [0.1, 0.15) is 20.3 Å². The Kier molecular flexibility index (Phi) is 6.11. The van der Waals surface area contributed by atoms with Gasteiger partial charge in [0.15, 0.2) is 0 Å². The van der Waals surface area contributed by atoms with Crippen molar-refractivity contribution in [1.82, 2.24) is 0 Å². The molecule has 0 fully saturated rings. The average molecular weight is 356 g/mol. The molecule has 0 heterocycles. The lowest BCUT2D eigenvalue weighted by Gasteiger charge is -2.21. The Labute approximate surface area is 151 Å².